The Morgan fingerprint density at radius 2 is 2.11 bits per heavy atom. The van der Waals surface area contributed by atoms with Crippen LogP contribution in [0, 0.1) is 6.92 Å². The van der Waals surface area contributed by atoms with E-state index in [0.29, 0.717) is 24.1 Å². The highest BCUT2D eigenvalue weighted by molar-refractivity contribution is 5.99. The van der Waals surface area contributed by atoms with Crippen LogP contribution in [0.3, 0.4) is 0 Å². The zero-order valence-corrected chi connectivity index (χ0v) is 10.9. The molecule has 1 atom stereocenters. The summed E-state index contributed by atoms with van der Waals surface area (Å²) < 4.78 is 0. The molecule has 1 aromatic carbocycles. The largest absolute Gasteiger partial charge is 0.508 e. The first-order chi connectivity index (χ1) is 9.02. The number of phenols is 1. The lowest BCUT2D eigenvalue weighted by molar-refractivity contribution is -0.123. The molecule has 1 aliphatic heterocycles. The van der Waals surface area contributed by atoms with Gasteiger partial charge in [0.1, 0.15) is 11.8 Å². The van der Waals surface area contributed by atoms with Crippen molar-refractivity contribution >= 4 is 11.8 Å². The van der Waals surface area contributed by atoms with E-state index in [1.54, 1.807) is 19.1 Å². The molecule has 19 heavy (non-hydrogen) atoms. The molecule has 2 rings (SSSR count). The van der Waals surface area contributed by atoms with Gasteiger partial charge in [0, 0.05) is 17.7 Å². The lowest BCUT2D eigenvalue weighted by Crippen LogP contribution is -2.50. The summed E-state index contributed by atoms with van der Waals surface area (Å²) in [4.78, 5) is 25.4. The standard InChI is InChI=1S/C14H18N2O3/c1-9-10(5-4-7-12(9)17)14(19)16-8-3-2-6-11(16)13(15)18/h4-5,7,11,17H,2-3,6,8H2,1H3,(H2,15,18). The van der Waals surface area contributed by atoms with Crippen molar-refractivity contribution in [3.63, 3.8) is 0 Å². The van der Waals surface area contributed by atoms with Gasteiger partial charge in [-0.25, -0.2) is 0 Å². The van der Waals surface area contributed by atoms with Crippen LogP contribution in [0.4, 0.5) is 0 Å². The number of amides is 2. The first-order valence-electron chi connectivity index (χ1n) is 6.41. The van der Waals surface area contributed by atoms with Crippen molar-refractivity contribution in [1.82, 2.24) is 4.90 Å². The van der Waals surface area contributed by atoms with Gasteiger partial charge in [0.25, 0.3) is 5.91 Å². The van der Waals surface area contributed by atoms with E-state index < -0.39 is 11.9 Å². The SMILES string of the molecule is Cc1c(O)cccc1C(=O)N1CCCCC1C(N)=O. The highest BCUT2D eigenvalue weighted by Gasteiger charge is 2.31. The summed E-state index contributed by atoms with van der Waals surface area (Å²) in [5, 5.41) is 9.66. The highest BCUT2D eigenvalue weighted by atomic mass is 16.3. The molecule has 0 aliphatic carbocycles. The van der Waals surface area contributed by atoms with Crippen molar-refractivity contribution in [3.05, 3.63) is 29.3 Å². The number of aromatic hydroxyl groups is 1. The lowest BCUT2D eigenvalue weighted by atomic mass is 9.99. The second-order valence-electron chi connectivity index (χ2n) is 4.86. The number of hydrogen-bond donors (Lipinski definition) is 2. The lowest BCUT2D eigenvalue weighted by Gasteiger charge is -2.34. The number of primary amides is 1. The predicted octanol–water partition coefficient (Wildman–Crippen LogP) is 1.18. The Kier molecular flexibility index (Phi) is 3.74. The second kappa shape index (κ2) is 5.30. The van der Waals surface area contributed by atoms with E-state index in [9.17, 15) is 14.7 Å². The van der Waals surface area contributed by atoms with Crippen LogP contribution in [-0.2, 0) is 4.79 Å². The molecule has 0 radical (unpaired) electrons. The van der Waals surface area contributed by atoms with Crippen LogP contribution < -0.4 is 5.73 Å². The van der Waals surface area contributed by atoms with Crippen molar-refractivity contribution in [2.45, 2.75) is 32.2 Å². The molecule has 1 aliphatic rings. The Morgan fingerprint density at radius 1 is 1.37 bits per heavy atom. The van der Waals surface area contributed by atoms with Crippen molar-refractivity contribution in [2.75, 3.05) is 6.54 Å². The minimum absolute atomic E-state index is 0.0819. The van der Waals surface area contributed by atoms with E-state index >= 15 is 0 Å². The second-order valence-corrected chi connectivity index (χ2v) is 4.86. The number of carbonyl (C=O) groups is 2. The van der Waals surface area contributed by atoms with Gasteiger partial charge in [0.15, 0.2) is 0 Å². The van der Waals surface area contributed by atoms with Gasteiger partial charge in [-0.2, -0.15) is 0 Å². The summed E-state index contributed by atoms with van der Waals surface area (Å²) in [5.74, 6) is -0.624. The van der Waals surface area contributed by atoms with Gasteiger partial charge in [-0.15, -0.1) is 0 Å². The van der Waals surface area contributed by atoms with Crippen molar-refractivity contribution in [3.8, 4) is 5.75 Å². The molecule has 0 bridgehead atoms. The fraction of sp³-hybridized carbons (Fsp3) is 0.429. The van der Waals surface area contributed by atoms with Gasteiger partial charge in [-0.05, 0) is 38.3 Å². The van der Waals surface area contributed by atoms with Crippen LogP contribution in [0.1, 0.15) is 35.2 Å². The maximum atomic E-state index is 12.5. The van der Waals surface area contributed by atoms with Crippen LogP contribution in [0.2, 0.25) is 0 Å². The molecule has 1 unspecified atom stereocenters. The number of piperidine rings is 1. The molecule has 102 valence electrons. The molecule has 1 fully saturated rings. The molecule has 1 heterocycles. The third-order valence-corrected chi connectivity index (χ3v) is 3.63. The summed E-state index contributed by atoms with van der Waals surface area (Å²) in [7, 11) is 0. The van der Waals surface area contributed by atoms with Crippen molar-refractivity contribution in [1.29, 1.82) is 0 Å². The van der Waals surface area contributed by atoms with E-state index in [-0.39, 0.29) is 11.7 Å². The normalized spacial score (nSPS) is 19.2. The maximum absolute atomic E-state index is 12.5. The van der Waals surface area contributed by atoms with Crippen LogP contribution >= 0.6 is 0 Å². The van der Waals surface area contributed by atoms with Gasteiger partial charge in [-0.1, -0.05) is 6.07 Å². The number of carbonyl (C=O) groups excluding carboxylic acids is 2. The number of nitrogens with two attached hydrogens (primary N) is 1. The van der Waals surface area contributed by atoms with Crippen LogP contribution in [0.15, 0.2) is 18.2 Å². The van der Waals surface area contributed by atoms with Crippen LogP contribution in [0.25, 0.3) is 0 Å². The van der Waals surface area contributed by atoms with Gasteiger partial charge >= 0.3 is 0 Å². The average Bonchev–Trinajstić information content (AvgIpc) is 2.41. The summed E-state index contributed by atoms with van der Waals surface area (Å²) in [5.41, 5.74) is 6.31. The zero-order chi connectivity index (χ0) is 14.0. The predicted molar refractivity (Wildman–Crippen MR) is 70.7 cm³/mol. The maximum Gasteiger partial charge on any atom is 0.254 e. The number of likely N-dealkylation sites (tertiary alicyclic amines) is 1. The van der Waals surface area contributed by atoms with Gasteiger partial charge in [0.2, 0.25) is 5.91 Å². The molecular weight excluding hydrogens is 244 g/mol. The molecule has 5 nitrogen and oxygen atoms in total. The molecule has 0 spiro atoms. The number of rotatable bonds is 2. The van der Waals surface area contributed by atoms with Crippen LogP contribution in [0.5, 0.6) is 5.75 Å². The Hall–Kier alpha value is -2.04. The Labute approximate surface area is 112 Å². The van der Waals surface area contributed by atoms with E-state index in [1.165, 1.54) is 11.0 Å². The summed E-state index contributed by atoms with van der Waals surface area (Å²) in [6.07, 6.45) is 2.38. The molecule has 0 saturated carbocycles. The van der Waals surface area contributed by atoms with E-state index in [1.807, 2.05) is 0 Å². The van der Waals surface area contributed by atoms with Gasteiger partial charge in [0.05, 0.1) is 0 Å². The summed E-state index contributed by atoms with van der Waals surface area (Å²) in [6.45, 7) is 2.22. The van der Waals surface area contributed by atoms with E-state index in [0.717, 1.165) is 12.8 Å². The molecule has 0 aromatic heterocycles. The molecular formula is C14H18N2O3. The number of hydrogen-bond acceptors (Lipinski definition) is 3. The highest BCUT2D eigenvalue weighted by Crippen LogP contribution is 2.24. The van der Waals surface area contributed by atoms with Crippen LogP contribution in [-0.4, -0.2) is 34.4 Å². The Balaban J connectivity index is 2.31. The molecule has 2 amide bonds. The molecule has 3 N–H and O–H groups in total. The summed E-state index contributed by atoms with van der Waals surface area (Å²) in [6, 6.07) is 4.28. The number of phenolic OH excluding ortho intramolecular Hbond substituents is 1. The number of nitrogens with zero attached hydrogens (tertiary/aromatic N) is 1. The quantitative estimate of drug-likeness (QED) is 0.839. The van der Waals surface area contributed by atoms with Crippen molar-refractivity contribution < 1.29 is 14.7 Å². The topological polar surface area (TPSA) is 83.6 Å². The molecule has 1 aromatic rings. The first kappa shape index (κ1) is 13.4. The van der Waals surface area contributed by atoms with Crippen molar-refractivity contribution in [2.24, 2.45) is 5.73 Å². The summed E-state index contributed by atoms with van der Waals surface area (Å²) >= 11 is 0. The Bertz CT molecular complexity index is 513. The number of benzene rings is 1. The third-order valence-electron chi connectivity index (χ3n) is 3.63. The van der Waals surface area contributed by atoms with E-state index in [4.69, 9.17) is 5.73 Å². The smallest absolute Gasteiger partial charge is 0.254 e. The zero-order valence-electron chi connectivity index (χ0n) is 10.9. The minimum Gasteiger partial charge on any atom is -0.508 e. The first-order valence-corrected chi connectivity index (χ1v) is 6.41. The van der Waals surface area contributed by atoms with E-state index in [2.05, 4.69) is 0 Å². The minimum atomic E-state index is -0.539. The Morgan fingerprint density at radius 3 is 2.79 bits per heavy atom. The monoisotopic (exact) mass is 262 g/mol. The molecule has 1 saturated heterocycles. The third kappa shape index (κ3) is 2.54. The fourth-order valence-corrected chi connectivity index (χ4v) is 2.48. The fourth-order valence-electron chi connectivity index (χ4n) is 2.48. The molecule has 5 heteroatoms. The average molecular weight is 262 g/mol. The van der Waals surface area contributed by atoms with Gasteiger partial charge in [-0.3, -0.25) is 9.59 Å². The van der Waals surface area contributed by atoms with Gasteiger partial charge < -0.3 is 15.7 Å².